The van der Waals surface area contributed by atoms with Gasteiger partial charge in [0, 0.05) is 0 Å². The highest BCUT2D eigenvalue weighted by Crippen LogP contribution is 2.21. The smallest absolute Gasteiger partial charge is 0.249 e. The number of hydrogen-bond acceptors (Lipinski definition) is 4. The van der Waals surface area contributed by atoms with Crippen molar-refractivity contribution in [2.75, 3.05) is 11.9 Å². The van der Waals surface area contributed by atoms with Crippen LogP contribution in [0.5, 0.6) is 5.75 Å². The molecule has 24 heavy (non-hydrogen) atoms. The molecule has 1 amide bonds. The van der Waals surface area contributed by atoms with E-state index in [0.29, 0.717) is 16.5 Å². The third kappa shape index (κ3) is 4.58. The molecule has 0 aliphatic carbocycles. The number of ketones is 1. The van der Waals surface area contributed by atoms with Crippen molar-refractivity contribution in [1.82, 2.24) is 0 Å². The molecule has 2 aromatic rings. The number of ether oxygens (including phenoxy) is 1. The van der Waals surface area contributed by atoms with Gasteiger partial charge in [0.15, 0.2) is 11.7 Å². The summed E-state index contributed by atoms with van der Waals surface area (Å²) in [5.41, 5.74) is 1.40. The number of benzene rings is 2. The molecular formula is C18H15ClN2O3. The molecule has 2 aromatic carbocycles. The second kappa shape index (κ2) is 8.14. The number of Topliss-reactive ketones (excluding diaryl/α,β-unsaturated/α-hetero) is 1. The van der Waals surface area contributed by atoms with Gasteiger partial charge >= 0.3 is 0 Å². The Bertz CT molecular complexity index is 782. The Balaban J connectivity index is 1.98. The summed E-state index contributed by atoms with van der Waals surface area (Å²) in [4.78, 5) is 24.2. The predicted octanol–water partition coefficient (Wildman–Crippen LogP) is 3.37. The summed E-state index contributed by atoms with van der Waals surface area (Å²) >= 11 is 5.94. The molecule has 1 atom stereocenters. The van der Waals surface area contributed by atoms with Gasteiger partial charge in [-0.1, -0.05) is 41.4 Å². The quantitative estimate of drug-likeness (QED) is 0.816. The number of anilines is 1. The maximum atomic E-state index is 12.1. The van der Waals surface area contributed by atoms with Crippen molar-refractivity contribution in [3.8, 4) is 11.8 Å². The number of nitrogens with zero attached hydrogens (tertiary/aromatic N) is 1. The average molecular weight is 343 g/mol. The number of hydrogen-bond donors (Lipinski definition) is 1. The highest BCUT2D eigenvalue weighted by atomic mass is 35.5. The molecule has 0 aliphatic rings. The van der Waals surface area contributed by atoms with Crippen LogP contribution in [-0.2, 0) is 9.59 Å². The van der Waals surface area contributed by atoms with Gasteiger partial charge in [-0.05, 0) is 31.2 Å². The number of rotatable bonds is 6. The Morgan fingerprint density at radius 1 is 1.21 bits per heavy atom. The van der Waals surface area contributed by atoms with Gasteiger partial charge in [0.1, 0.15) is 12.4 Å². The molecule has 0 bridgehead atoms. The van der Waals surface area contributed by atoms with E-state index in [1.165, 1.54) is 0 Å². The van der Waals surface area contributed by atoms with Crippen molar-refractivity contribution in [2.24, 2.45) is 5.92 Å². The summed E-state index contributed by atoms with van der Waals surface area (Å²) in [6.07, 6.45) is 0. The topological polar surface area (TPSA) is 79.2 Å². The number of aryl methyl sites for hydroxylation is 1. The predicted molar refractivity (Wildman–Crippen MR) is 90.9 cm³/mol. The molecule has 5 nitrogen and oxygen atoms in total. The number of nitriles is 1. The zero-order valence-electron chi connectivity index (χ0n) is 13.0. The first-order valence-electron chi connectivity index (χ1n) is 7.18. The summed E-state index contributed by atoms with van der Waals surface area (Å²) in [5.74, 6) is -2.32. The van der Waals surface area contributed by atoms with E-state index in [9.17, 15) is 9.59 Å². The summed E-state index contributed by atoms with van der Waals surface area (Å²) in [5, 5.41) is 11.9. The Morgan fingerprint density at radius 3 is 2.50 bits per heavy atom. The monoisotopic (exact) mass is 342 g/mol. The van der Waals surface area contributed by atoms with Gasteiger partial charge in [-0.25, -0.2) is 0 Å². The minimum Gasteiger partial charge on any atom is -0.486 e. The SMILES string of the molecule is Cc1ccc(OCC(=O)[C@H](C#N)C(=O)Nc2ccccc2Cl)cc1. The zero-order valence-corrected chi connectivity index (χ0v) is 13.7. The van der Waals surface area contributed by atoms with Gasteiger partial charge in [0.2, 0.25) is 5.91 Å². The maximum Gasteiger partial charge on any atom is 0.249 e. The van der Waals surface area contributed by atoms with E-state index >= 15 is 0 Å². The largest absolute Gasteiger partial charge is 0.486 e. The van der Waals surface area contributed by atoms with E-state index in [1.807, 2.05) is 19.1 Å². The fraction of sp³-hybridized carbons (Fsp3) is 0.167. The minimum absolute atomic E-state index is 0.325. The summed E-state index contributed by atoms with van der Waals surface area (Å²) in [6, 6.07) is 15.4. The summed E-state index contributed by atoms with van der Waals surface area (Å²) in [6.45, 7) is 1.57. The van der Waals surface area contributed by atoms with E-state index in [-0.39, 0.29) is 6.61 Å². The molecule has 0 aliphatic heterocycles. The van der Waals surface area contributed by atoms with Crippen LogP contribution in [0.15, 0.2) is 48.5 Å². The summed E-state index contributed by atoms with van der Waals surface area (Å²) in [7, 11) is 0. The van der Waals surface area contributed by atoms with Crippen molar-refractivity contribution < 1.29 is 14.3 Å². The van der Waals surface area contributed by atoms with Gasteiger partial charge in [-0.2, -0.15) is 5.26 Å². The Labute approximate surface area is 144 Å². The molecule has 0 heterocycles. The van der Waals surface area contributed by atoms with E-state index in [4.69, 9.17) is 21.6 Å². The van der Waals surface area contributed by atoms with Crippen LogP contribution in [0, 0.1) is 24.2 Å². The van der Waals surface area contributed by atoms with E-state index in [2.05, 4.69) is 5.32 Å². The van der Waals surface area contributed by atoms with Gasteiger partial charge in [-0.15, -0.1) is 0 Å². The molecule has 6 heteroatoms. The summed E-state index contributed by atoms with van der Waals surface area (Å²) < 4.78 is 5.32. The normalized spacial score (nSPS) is 11.2. The molecule has 0 saturated heterocycles. The lowest BCUT2D eigenvalue weighted by Gasteiger charge is -2.11. The Hall–Kier alpha value is -2.84. The minimum atomic E-state index is -1.47. The molecule has 0 radical (unpaired) electrons. The van der Waals surface area contributed by atoms with Crippen molar-refractivity contribution in [2.45, 2.75) is 6.92 Å². The lowest BCUT2D eigenvalue weighted by molar-refractivity contribution is -0.130. The van der Waals surface area contributed by atoms with Crippen molar-refractivity contribution >= 4 is 29.0 Å². The van der Waals surface area contributed by atoms with Gasteiger partial charge in [0.05, 0.1) is 16.8 Å². The number of amides is 1. The molecule has 0 unspecified atom stereocenters. The standard InChI is InChI=1S/C18H15ClN2O3/c1-12-6-8-13(9-7-12)24-11-17(22)14(10-20)18(23)21-16-5-3-2-4-15(16)19/h2-9,14H,11H2,1H3,(H,21,23)/t14-/m0/s1. The van der Waals surface area contributed by atoms with Crippen LogP contribution in [0.25, 0.3) is 0 Å². The zero-order chi connectivity index (χ0) is 17.5. The Kier molecular flexibility index (Phi) is 5.94. The number of nitrogens with one attached hydrogen (secondary N) is 1. The lowest BCUT2D eigenvalue weighted by atomic mass is 10.1. The van der Waals surface area contributed by atoms with Crippen LogP contribution >= 0.6 is 11.6 Å². The molecular weight excluding hydrogens is 328 g/mol. The number of carbonyl (C=O) groups is 2. The first kappa shape index (κ1) is 17.5. The van der Waals surface area contributed by atoms with Crippen LogP contribution in [0.4, 0.5) is 5.69 Å². The van der Waals surface area contributed by atoms with Gasteiger partial charge in [-0.3, -0.25) is 9.59 Å². The van der Waals surface area contributed by atoms with Crippen molar-refractivity contribution in [3.63, 3.8) is 0 Å². The van der Waals surface area contributed by atoms with Gasteiger partial charge < -0.3 is 10.1 Å². The fourth-order valence-electron chi connectivity index (χ4n) is 1.92. The first-order chi connectivity index (χ1) is 11.5. The van der Waals surface area contributed by atoms with Crippen molar-refractivity contribution in [3.05, 3.63) is 59.1 Å². The maximum absolute atomic E-state index is 12.1. The average Bonchev–Trinajstić information content (AvgIpc) is 2.57. The number of para-hydroxylation sites is 1. The highest BCUT2D eigenvalue weighted by Gasteiger charge is 2.27. The van der Waals surface area contributed by atoms with Crippen LogP contribution in [-0.4, -0.2) is 18.3 Å². The van der Waals surface area contributed by atoms with Crippen LogP contribution in [0.2, 0.25) is 5.02 Å². The Morgan fingerprint density at radius 2 is 1.88 bits per heavy atom. The molecule has 122 valence electrons. The second-order valence-corrected chi connectivity index (χ2v) is 5.51. The van der Waals surface area contributed by atoms with E-state index < -0.39 is 17.6 Å². The third-order valence-electron chi connectivity index (χ3n) is 3.25. The lowest BCUT2D eigenvalue weighted by Crippen LogP contribution is -2.32. The number of halogens is 1. The highest BCUT2D eigenvalue weighted by molar-refractivity contribution is 6.33. The van der Waals surface area contributed by atoms with Crippen LogP contribution in [0.3, 0.4) is 0 Å². The fourth-order valence-corrected chi connectivity index (χ4v) is 2.10. The van der Waals surface area contributed by atoms with Crippen LogP contribution < -0.4 is 10.1 Å². The van der Waals surface area contributed by atoms with E-state index in [0.717, 1.165) is 5.56 Å². The molecule has 0 spiro atoms. The molecule has 0 aromatic heterocycles. The second-order valence-electron chi connectivity index (χ2n) is 5.10. The van der Waals surface area contributed by atoms with Gasteiger partial charge in [0.25, 0.3) is 0 Å². The number of carbonyl (C=O) groups excluding carboxylic acids is 2. The first-order valence-corrected chi connectivity index (χ1v) is 7.56. The molecule has 2 rings (SSSR count). The van der Waals surface area contributed by atoms with E-state index in [1.54, 1.807) is 42.5 Å². The van der Waals surface area contributed by atoms with Crippen LogP contribution in [0.1, 0.15) is 5.56 Å². The van der Waals surface area contributed by atoms with Crippen molar-refractivity contribution in [1.29, 1.82) is 5.26 Å². The third-order valence-corrected chi connectivity index (χ3v) is 3.58. The molecule has 0 saturated carbocycles. The molecule has 1 N–H and O–H groups in total. The molecule has 0 fully saturated rings.